The maximum absolute atomic E-state index is 5.37. The van der Waals surface area contributed by atoms with Gasteiger partial charge in [-0.15, -0.1) is 0 Å². The van der Waals surface area contributed by atoms with Crippen LogP contribution in [-0.4, -0.2) is 26.3 Å². The zero-order chi connectivity index (χ0) is 8.65. The number of hydrogen-bond acceptors (Lipinski definition) is 2. The van der Waals surface area contributed by atoms with Gasteiger partial charge in [-0.05, 0) is 44.7 Å². The van der Waals surface area contributed by atoms with Gasteiger partial charge in [-0.3, -0.25) is 0 Å². The zero-order valence-electron chi connectivity index (χ0n) is 8.14. The molecule has 1 saturated carbocycles. The van der Waals surface area contributed by atoms with Crippen LogP contribution in [0, 0.1) is 5.92 Å². The summed E-state index contributed by atoms with van der Waals surface area (Å²) in [6, 6.07) is 0. The lowest BCUT2D eigenvalue weighted by Gasteiger charge is -2.03. The second-order valence-corrected chi connectivity index (χ2v) is 3.61. The summed E-state index contributed by atoms with van der Waals surface area (Å²) in [7, 11) is 0. The van der Waals surface area contributed by atoms with Crippen molar-refractivity contribution in [3.05, 3.63) is 0 Å². The molecule has 1 aliphatic rings. The summed E-state index contributed by atoms with van der Waals surface area (Å²) in [6.07, 6.45) is 5.18. The van der Waals surface area contributed by atoms with Crippen LogP contribution < -0.4 is 5.32 Å². The molecule has 0 saturated heterocycles. The Morgan fingerprint density at radius 1 is 1.33 bits per heavy atom. The summed E-state index contributed by atoms with van der Waals surface area (Å²) in [5, 5.41) is 3.44. The van der Waals surface area contributed by atoms with Gasteiger partial charge in [-0.2, -0.15) is 0 Å². The van der Waals surface area contributed by atoms with Crippen LogP contribution in [0.4, 0.5) is 0 Å². The Bertz CT molecular complexity index is 102. The minimum absolute atomic E-state index is 0.919. The van der Waals surface area contributed by atoms with Gasteiger partial charge in [0, 0.05) is 13.2 Å². The normalized spacial score (nSPS) is 16.8. The Balaban J connectivity index is 1.65. The molecule has 0 heterocycles. The van der Waals surface area contributed by atoms with Crippen molar-refractivity contribution in [2.45, 2.75) is 32.6 Å². The molecule has 72 valence electrons. The van der Waals surface area contributed by atoms with E-state index in [2.05, 4.69) is 12.2 Å². The molecule has 0 aromatic carbocycles. The third kappa shape index (κ3) is 5.56. The van der Waals surface area contributed by atoms with E-state index >= 15 is 0 Å². The quantitative estimate of drug-likeness (QED) is 0.562. The Kier molecular flexibility index (Phi) is 5.37. The van der Waals surface area contributed by atoms with Crippen molar-refractivity contribution < 1.29 is 4.74 Å². The fourth-order valence-corrected chi connectivity index (χ4v) is 1.17. The van der Waals surface area contributed by atoms with E-state index in [0.29, 0.717) is 0 Å². The Hall–Kier alpha value is -0.0800. The van der Waals surface area contributed by atoms with Crippen molar-refractivity contribution in [2.24, 2.45) is 5.92 Å². The van der Waals surface area contributed by atoms with E-state index < -0.39 is 0 Å². The van der Waals surface area contributed by atoms with Crippen molar-refractivity contribution in [3.8, 4) is 0 Å². The van der Waals surface area contributed by atoms with Gasteiger partial charge in [-0.25, -0.2) is 0 Å². The predicted molar refractivity (Wildman–Crippen MR) is 51.3 cm³/mol. The molecule has 0 aliphatic heterocycles. The summed E-state index contributed by atoms with van der Waals surface area (Å²) in [4.78, 5) is 0. The number of ether oxygens (including phenoxy) is 1. The van der Waals surface area contributed by atoms with E-state index in [1.807, 2.05) is 0 Å². The maximum atomic E-state index is 5.37. The zero-order valence-corrected chi connectivity index (χ0v) is 8.14. The number of nitrogens with one attached hydrogen (secondary N) is 1. The molecule has 1 rings (SSSR count). The van der Waals surface area contributed by atoms with Crippen LogP contribution in [0.5, 0.6) is 0 Å². The third-order valence-electron chi connectivity index (χ3n) is 2.12. The molecule has 0 amide bonds. The first-order chi connectivity index (χ1) is 5.93. The van der Waals surface area contributed by atoms with Crippen LogP contribution in [0.2, 0.25) is 0 Å². The van der Waals surface area contributed by atoms with Crippen molar-refractivity contribution >= 4 is 0 Å². The van der Waals surface area contributed by atoms with Gasteiger partial charge >= 0.3 is 0 Å². The monoisotopic (exact) mass is 171 g/mol. The standard InChI is InChI=1S/C10H21NO/c1-2-7-12-8-3-6-11-9-10-4-5-10/h10-11H,2-9H2,1H3. The van der Waals surface area contributed by atoms with Gasteiger partial charge in [0.1, 0.15) is 0 Å². The van der Waals surface area contributed by atoms with Crippen LogP contribution in [0.1, 0.15) is 32.6 Å². The number of hydrogen-bond donors (Lipinski definition) is 1. The highest BCUT2D eigenvalue weighted by Gasteiger charge is 2.19. The van der Waals surface area contributed by atoms with E-state index in [9.17, 15) is 0 Å². The van der Waals surface area contributed by atoms with Gasteiger partial charge in [0.25, 0.3) is 0 Å². The van der Waals surface area contributed by atoms with Gasteiger partial charge < -0.3 is 10.1 Å². The lowest BCUT2D eigenvalue weighted by molar-refractivity contribution is 0.132. The summed E-state index contributed by atoms with van der Waals surface area (Å²) < 4.78 is 5.37. The molecule has 1 N–H and O–H groups in total. The topological polar surface area (TPSA) is 21.3 Å². The highest BCUT2D eigenvalue weighted by atomic mass is 16.5. The van der Waals surface area contributed by atoms with E-state index in [0.717, 1.165) is 38.5 Å². The van der Waals surface area contributed by atoms with E-state index in [4.69, 9.17) is 4.74 Å². The van der Waals surface area contributed by atoms with Crippen LogP contribution in [-0.2, 0) is 4.74 Å². The minimum Gasteiger partial charge on any atom is -0.381 e. The second kappa shape index (κ2) is 6.44. The molecule has 2 nitrogen and oxygen atoms in total. The molecular formula is C10H21NO. The molecule has 2 heteroatoms. The van der Waals surface area contributed by atoms with E-state index in [1.165, 1.54) is 19.4 Å². The van der Waals surface area contributed by atoms with Crippen LogP contribution >= 0.6 is 0 Å². The van der Waals surface area contributed by atoms with Crippen molar-refractivity contribution in [1.82, 2.24) is 5.32 Å². The van der Waals surface area contributed by atoms with Gasteiger partial charge in [0.15, 0.2) is 0 Å². The molecule has 0 bridgehead atoms. The lowest BCUT2D eigenvalue weighted by Crippen LogP contribution is -2.19. The molecule has 1 aliphatic carbocycles. The summed E-state index contributed by atoms with van der Waals surface area (Å²) in [6.45, 7) is 6.34. The fourth-order valence-electron chi connectivity index (χ4n) is 1.17. The Morgan fingerprint density at radius 2 is 2.17 bits per heavy atom. The molecule has 0 aromatic heterocycles. The van der Waals surface area contributed by atoms with Crippen molar-refractivity contribution in [2.75, 3.05) is 26.3 Å². The fraction of sp³-hybridized carbons (Fsp3) is 1.00. The predicted octanol–water partition coefficient (Wildman–Crippen LogP) is 1.80. The summed E-state index contributed by atoms with van der Waals surface area (Å²) in [5.74, 6) is 1.00. The van der Waals surface area contributed by atoms with Crippen molar-refractivity contribution in [3.63, 3.8) is 0 Å². The molecule has 12 heavy (non-hydrogen) atoms. The molecular weight excluding hydrogens is 150 g/mol. The molecule has 0 aromatic rings. The van der Waals surface area contributed by atoms with Crippen LogP contribution in [0.3, 0.4) is 0 Å². The van der Waals surface area contributed by atoms with Crippen molar-refractivity contribution in [1.29, 1.82) is 0 Å². The Morgan fingerprint density at radius 3 is 2.83 bits per heavy atom. The smallest absolute Gasteiger partial charge is 0.0478 e. The van der Waals surface area contributed by atoms with Crippen LogP contribution in [0.25, 0.3) is 0 Å². The number of rotatable bonds is 8. The second-order valence-electron chi connectivity index (χ2n) is 3.61. The SMILES string of the molecule is CCCOCCCNCC1CC1. The average molecular weight is 171 g/mol. The lowest BCUT2D eigenvalue weighted by atomic mass is 10.4. The molecule has 0 radical (unpaired) electrons. The highest BCUT2D eigenvalue weighted by Crippen LogP contribution is 2.27. The molecule has 0 unspecified atom stereocenters. The van der Waals surface area contributed by atoms with Gasteiger partial charge in [0.05, 0.1) is 0 Å². The van der Waals surface area contributed by atoms with Crippen LogP contribution in [0.15, 0.2) is 0 Å². The first-order valence-corrected chi connectivity index (χ1v) is 5.22. The van der Waals surface area contributed by atoms with E-state index in [-0.39, 0.29) is 0 Å². The van der Waals surface area contributed by atoms with E-state index in [1.54, 1.807) is 0 Å². The summed E-state index contributed by atoms with van der Waals surface area (Å²) >= 11 is 0. The minimum atomic E-state index is 0.919. The third-order valence-corrected chi connectivity index (χ3v) is 2.12. The highest BCUT2D eigenvalue weighted by molar-refractivity contribution is 4.74. The molecule has 0 spiro atoms. The maximum Gasteiger partial charge on any atom is 0.0478 e. The summed E-state index contributed by atoms with van der Waals surface area (Å²) in [5.41, 5.74) is 0. The largest absolute Gasteiger partial charge is 0.381 e. The Labute approximate surface area is 75.7 Å². The van der Waals surface area contributed by atoms with Gasteiger partial charge in [-0.1, -0.05) is 6.92 Å². The molecule has 1 fully saturated rings. The first-order valence-electron chi connectivity index (χ1n) is 5.22. The molecule has 0 atom stereocenters. The first kappa shape index (κ1) is 10.0. The van der Waals surface area contributed by atoms with Gasteiger partial charge in [0.2, 0.25) is 0 Å². The average Bonchev–Trinajstić information content (AvgIpc) is 2.87.